The second kappa shape index (κ2) is 10.6. The zero-order valence-electron chi connectivity index (χ0n) is 22.6. The number of H-pyrrole nitrogens is 1. The lowest BCUT2D eigenvalue weighted by Crippen LogP contribution is -2.44. The van der Waals surface area contributed by atoms with Gasteiger partial charge in [0.25, 0.3) is 11.8 Å². The molecule has 2 N–H and O–H groups in total. The lowest BCUT2D eigenvalue weighted by Gasteiger charge is -2.36. The van der Waals surface area contributed by atoms with Crippen molar-refractivity contribution >= 4 is 34.4 Å². The van der Waals surface area contributed by atoms with Crippen LogP contribution >= 0.6 is 0 Å². The third-order valence-electron chi connectivity index (χ3n) is 7.61. The van der Waals surface area contributed by atoms with Crippen LogP contribution in [-0.2, 0) is 16.0 Å². The zero-order chi connectivity index (χ0) is 27.8. The zero-order valence-corrected chi connectivity index (χ0v) is 22.6. The SMILES string of the molecule is CC(C)OCCCNC(=O)c1ccccc1N1C(=O)[C@@H]2Cc3c([nH]c4ccccc34)[C@@H](c3ccccc3)N2C1=O. The monoisotopic (exact) mass is 536 g/mol. The highest BCUT2D eigenvalue weighted by Crippen LogP contribution is 2.45. The average molecular weight is 537 g/mol. The van der Waals surface area contributed by atoms with Gasteiger partial charge in [-0.05, 0) is 49.6 Å². The highest BCUT2D eigenvalue weighted by Gasteiger charge is 2.53. The molecular formula is C32H32N4O4. The summed E-state index contributed by atoms with van der Waals surface area (Å²) in [6.45, 7) is 4.89. The molecular weight excluding hydrogens is 504 g/mol. The molecule has 4 amide bonds. The first kappa shape index (κ1) is 25.8. The smallest absolute Gasteiger partial charge is 0.332 e. The van der Waals surface area contributed by atoms with E-state index in [-0.39, 0.29) is 23.5 Å². The van der Waals surface area contributed by atoms with E-state index in [9.17, 15) is 14.4 Å². The van der Waals surface area contributed by atoms with Gasteiger partial charge in [0.15, 0.2) is 0 Å². The minimum atomic E-state index is -0.686. The Balaban J connectivity index is 1.35. The quantitative estimate of drug-likeness (QED) is 0.239. The van der Waals surface area contributed by atoms with Gasteiger partial charge < -0.3 is 15.0 Å². The van der Waals surface area contributed by atoms with Crippen LogP contribution in [-0.4, -0.2) is 53.0 Å². The van der Waals surface area contributed by atoms with Gasteiger partial charge in [-0.2, -0.15) is 0 Å². The van der Waals surface area contributed by atoms with Crippen LogP contribution in [0.15, 0.2) is 78.9 Å². The minimum Gasteiger partial charge on any atom is -0.379 e. The highest BCUT2D eigenvalue weighted by atomic mass is 16.5. The summed E-state index contributed by atoms with van der Waals surface area (Å²) in [5.41, 5.74) is 4.44. The fourth-order valence-corrected chi connectivity index (χ4v) is 5.83. The molecule has 3 aromatic carbocycles. The summed E-state index contributed by atoms with van der Waals surface area (Å²) < 4.78 is 5.55. The molecule has 8 heteroatoms. The molecule has 8 nitrogen and oxygen atoms in total. The van der Waals surface area contributed by atoms with Crippen molar-refractivity contribution in [3.05, 3.63) is 101 Å². The fraction of sp³-hybridized carbons (Fsp3) is 0.281. The normalized spacial score (nSPS) is 18.4. The van der Waals surface area contributed by atoms with E-state index in [4.69, 9.17) is 4.74 Å². The van der Waals surface area contributed by atoms with Gasteiger partial charge in [-0.15, -0.1) is 0 Å². The van der Waals surface area contributed by atoms with Gasteiger partial charge in [-0.1, -0.05) is 60.7 Å². The molecule has 4 aromatic rings. The number of hydrogen-bond donors (Lipinski definition) is 2. The third kappa shape index (κ3) is 4.44. The van der Waals surface area contributed by atoms with E-state index in [1.165, 1.54) is 4.90 Å². The van der Waals surface area contributed by atoms with E-state index in [2.05, 4.69) is 10.3 Å². The average Bonchev–Trinajstić information content (AvgIpc) is 3.46. The Bertz CT molecular complexity index is 1580. The molecule has 40 heavy (non-hydrogen) atoms. The Labute approximate surface area is 232 Å². The number of hydrogen-bond acceptors (Lipinski definition) is 4. The van der Waals surface area contributed by atoms with Crippen LogP contribution in [0.2, 0.25) is 0 Å². The van der Waals surface area contributed by atoms with Gasteiger partial charge in [0.1, 0.15) is 12.1 Å². The van der Waals surface area contributed by atoms with Crippen molar-refractivity contribution in [1.29, 1.82) is 0 Å². The number of imide groups is 1. The van der Waals surface area contributed by atoms with Gasteiger partial charge >= 0.3 is 6.03 Å². The van der Waals surface area contributed by atoms with Crippen LogP contribution in [0.1, 0.15) is 53.5 Å². The number of aromatic nitrogens is 1. The number of benzene rings is 3. The predicted molar refractivity (Wildman–Crippen MR) is 153 cm³/mol. The molecule has 0 spiro atoms. The van der Waals surface area contributed by atoms with E-state index in [1.54, 1.807) is 29.2 Å². The van der Waals surface area contributed by atoms with E-state index < -0.39 is 18.1 Å². The van der Waals surface area contributed by atoms with Crippen LogP contribution in [0.3, 0.4) is 0 Å². The topological polar surface area (TPSA) is 94.7 Å². The van der Waals surface area contributed by atoms with Crippen molar-refractivity contribution in [2.45, 2.75) is 44.9 Å². The number of anilines is 1. The Hall–Kier alpha value is -4.43. The Kier molecular flexibility index (Phi) is 6.86. The molecule has 3 heterocycles. The molecule has 2 aliphatic heterocycles. The van der Waals surface area contributed by atoms with Crippen molar-refractivity contribution in [1.82, 2.24) is 15.2 Å². The molecule has 0 aliphatic carbocycles. The summed E-state index contributed by atoms with van der Waals surface area (Å²) in [7, 11) is 0. The molecule has 1 aromatic heterocycles. The van der Waals surface area contributed by atoms with Crippen molar-refractivity contribution < 1.29 is 19.1 Å². The molecule has 204 valence electrons. The largest absolute Gasteiger partial charge is 0.379 e. The van der Waals surface area contributed by atoms with Crippen LogP contribution < -0.4 is 10.2 Å². The number of carbonyl (C=O) groups excluding carboxylic acids is 3. The van der Waals surface area contributed by atoms with Crippen LogP contribution in [0.4, 0.5) is 10.5 Å². The van der Waals surface area contributed by atoms with Gasteiger partial charge in [0.05, 0.1) is 17.4 Å². The van der Waals surface area contributed by atoms with Crippen LogP contribution in [0.25, 0.3) is 10.9 Å². The predicted octanol–water partition coefficient (Wildman–Crippen LogP) is 5.20. The molecule has 0 saturated carbocycles. The Morgan fingerprint density at radius 1 is 1.00 bits per heavy atom. The summed E-state index contributed by atoms with van der Waals surface area (Å²) in [6.07, 6.45) is 1.18. The van der Waals surface area contributed by atoms with Gasteiger partial charge in [0, 0.05) is 36.2 Å². The molecule has 0 bridgehead atoms. The number of aromatic amines is 1. The summed E-state index contributed by atoms with van der Waals surface area (Å²) in [5.74, 6) is -0.658. The van der Waals surface area contributed by atoms with Crippen molar-refractivity contribution in [2.75, 3.05) is 18.1 Å². The lowest BCUT2D eigenvalue weighted by atomic mass is 9.89. The van der Waals surface area contributed by atoms with Gasteiger partial charge in [0.2, 0.25) is 0 Å². The van der Waals surface area contributed by atoms with Crippen LogP contribution in [0, 0.1) is 0 Å². The van der Waals surface area contributed by atoms with Crippen molar-refractivity contribution in [3.63, 3.8) is 0 Å². The number of ether oxygens (including phenoxy) is 1. The Morgan fingerprint density at radius 3 is 2.52 bits per heavy atom. The minimum absolute atomic E-state index is 0.126. The second-order valence-corrected chi connectivity index (χ2v) is 10.5. The number of urea groups is 1. The van der Waals surface area contributed by atoms with Gasteiger partial charge in [-0.3, -0.25) is 14.5 Å². The molecule has 2 atom stereocenters. The number of para-hydroxylation sites is 2. The first-order chi connectivity index (χ1) is 19.5. The number of carbonyl (C=O) groups is 3. The van der Waals surface area contributed by atoms with Crippen molar-refractivity contribution in [3.8, 4) is 0 Å². The number of nitrogens with zero attached hydrogens (tertiary/aromatic N) is 2. The molecule has 0 unspecified atom stereocenters. The highest BCUT2D eigenvalue weighted by molar-refractivity contribution is 6.24. The molecule has 0 radical (unpaired) electrons. The Morgan fingerprint density at radius 2 is 1.73 bits per heavy atom. The number of rotatable bonds is 8. The van der Waals surface area contributed by atoms with E-state index in [0.29, 0.717) is 31.7 Å². The first-order valence-corrected chi connectivity index (χ1v) is 13.7. The first-order valence-electron chi connectivity index (χ1n) is 13.7. The second-order valence-electron chi connectivity index (χ2n) is 10.5. The van der Waals surface area contributed by atoms with E-state index >= 15 is 0 Å². The van der Waals surface area contributed by atoms with Gasteiger partial charge in [-0.25, -0.2) is 9.69 Å². The molecule has 6 rings (SSSR count). The summed E-state index contributed by atoms with van der Waals surface area (Å²) in [4.78, 5) is 47.8. The maximum absolute atomic E-state index is 14.2. The van der Waals surface area contributed by atoms with E-state index in [0.717, 1.165) is 27.7 Å². The number of fused-ring (bicyclic) bond motifs is 4. The summed E-state index contributed by atoms with van der Waals surface area (Å²) in [6, 6.07) is 23.0. The fourth-order valence-electron chi connectivity index (χ4n) is 5.83. The molecule has 1 fully saturated rings. The van der Waals surface area contributed by atoms with Crippen molar-refractivity contribution in [2.24, 2.45) is 0 Å². The summed E-state index contributed by atoms with van der Waals surface area (Å²) in [5, 5.41) is 3.96. The molecule has 1 saturated heterocycles. The standard InChI is InChI=1S/C32H32N4O4/c1-20(2)40-18-10-17-33-30(37)23-14-7-9-16-26(23)36-31(38)27-19-24-22-13-6-8-15-25(22)34-28(24)29(35(27)32(36)39)21-11-4-3-5-12-21/h3-9,11-16,20,27,29,34H,10,17-19H2,1-2H3,(H,33,37)/t27-,29+/m0/s1. The van der Waals surface area contributed by atoms with E-state index in [1.807, 2.05) is 68.4 Å². The third-order valence-corrected chi connectivity index (χ3v) is 7.61. The number of nitrogens with one attached hydrogen (secondary N) is 2. The lowest BCUT2D eigenvalue weighted by molar-refractivity contribution is -0.120. The maximum Gasteiger partial charge on any atom is 0.332 e. The summed E-state index contributed by atoms with van der Waals surface area (Å²) >= 11 is 0. The number of amides is 4. The van der Waals surface area contributed by atoms with Crippen LogP contribution in [0.5, 0.6) is 0 Å². The molecule has 2 aliphatic rings. The maximum atomic E-state index is 14.2.